The molecule has 7 heteroatoms. The average Bonchev–Trinajstić information content (AvgIpc) is 3.54. The Morgan fingerprint density at radius 2 is 1.70 bits per heavy atom. The molecule has 1 aliphatic heterocycles. The highest BCUT2D eigenvalue weighted by Crippen LogP contribution is 2.44. The van der Waals surface area contributed by atoms with Crippen molar-refractivity contribution < 1.29 is 28.9 Å². The van der Waals surface area contributed by atoms with Crippen molar-refractivity contribution >= 4 is 12.1 Å². The molecular weight excluding hydrogens is 422 g/mol. The molecule has 2 fully saturated rings. The van der Waals surface area contributed by atoms with Crippen molar-refractivity contribution in [3.63, 3.8) is 0 Å². The normalized spacial score (nSPS) is 22.5. The van der Waals surface area contributed by atoms with Crippen LogP contribution in [0.4, 0.5) is 4.79 Å². The van der Waals surface area contributed by atoms with Gasteiger partial charge in [-0.05, 0) is 35.1 Å². The van der Waals surface area contributed by atoms with Crippen LogP contribution in [0.3, 0.4) is 0 Å². The van der Waals surface area contributed by atoms with Gasteiger partial charge < -0.3 is 24.6 Å². The van der Waals surface area contributed by atoms with E-state index >= 15 is 0 Å². The Balaban J connectivity index is 1.23. The number of nitrogens with one attached hydrogen (secondary N) is 1. The van der Waals surface area contributed by atoms with Crippen LogP contribution in [0.25, 0.3) is 11.1 Å². The van der Waals surface area contributed by atoms with Gasteiger partial charge in [0, 0.05) is 24.7 Å². The molecule has 7 nitrogen and oxygen atoms in total. The number of carboxylic acids is 1. The fourth-order valence-corrected chi connectivity index (χ4v) is 5.41. The minimum Gasteiger partial charge on any atom is -0.480 e. The Morgan fingerprint density at radius 3 is 2.30 bits per heavy atom. The molecule has 2 aliphatic carbocycles. The lowest BCUT2D eigenvalue weighted by Gasteiger charge is -2.27. The highest BCUT2D eigenvalue weighted by Gasteiger charge is 2.47. The molecule has 5 rings (SSSR count). The van der Waals surface area contributed by atoms with E-state index in [9.17, 15) is 14.7 Å². The van der Waals surface area contributed by atoms with Crippen molar-refractivity contribution in [1.29, 1.82) is 0 Å². The van der Waals surface area contributed by atoms with E-state index < -0.39 is 35.9 Å². The van der Waals surface area contributed by atoms with E-state index in [1.165, 1.54) is 0 Å². The first kappa shape index (κ1) is 21.9. The molecule has 33 heavy (non-hydrogen) atoms. The summed E-state index contributed by atoms with van der Waals surface area (Å²) in [6.07, 6.45) is 2.61. The average molecular weight is 452 g/mol. The van der Waals surface area contributed by atoms with Gasteiger partial charge >= 0.3 is 12.1 Å². The first-order valence-electron chi connectivity index (χ1n) is 11.6. The van der Waals surface area contributed by atoms with E-state index in [1.54, 1.807) is 6.92 Å². The van der Waals surface area contributed by atoms with Crippen molar-refractivity contribution in [2.45, 2.75) is 56.5 Å². The van der Waals surface area contributed by atoms with Crippen LogP contribution in [0.5, 0.6) is 0 Å². The van der Waals surface area contributed by atoms with E-state index in [0.29, 0.717) is 6.61 Å². The van der Waals surface area contributed by atoms with Gasteiger partial charge in [-0.15, -0.1) is 0 Å². The standard InChI is InChI=1S/C26H29NO6/c1-16(22-15-32-26(33-22)12-6-7-13-26)23(24(28)29)27-25(30)31-14-21-19-10-4-2-8-17(19)18-9-3-5-11-20(18)21/h2-5,8-11,16,21-23H,6-7,12-15H2,1H3,(H,27,30)(H,28,29)/t16-,22-,23-/m0/s1. The number of aliphatic carboxylic acids is 1. The second-order valence-corrected chi connectivity index (χ2v) is 9.23. The van der Waals surface area contributed by atoms with Gasteiger partial charge in [-0.3, -0.25) is 0 Å². The van der Waals surface area contributed by atoms with Gasteiger partial charge in [-0.1, -0.05) is 55.5 Å². The van der Waals surface area contributed by atoms with Crippen LogP contribution in [0, 0.1) is 5.92 Å². The van der Waals surface area contributed by atoms with Crippen molar-refractivity contribution in [1.82, 2.24) is 5.32 Å². The Kier molecular flexibility index (Phi) is 5.85. The third-order valence-electron chi connectivity index (χ3n) is 7.24. The van der Waals surface area contributed by atoms with Crippen molar-refractivity contribution in [3.05, 3.63) is 59.7 Å². The summed E-state index contributed by atoms with van der Waals surface area (Å²) in [5, 5.41) is 12.3. The highest BCUT2D eigenvalue weighted by molar-refractivity contribution is 5.81. The summed E-state index contributed by atoms with van der Waals surface area (Å²) < 4.78 is 17.6. The molecule has 0 radical (unpaired) electrons. The Hall–Kier alpha value is -2.90. The van der Waals surface area contributed by atoms with Crippen LogP contribution in [0.1, 0.15) is 49.7 Å². The summed E-state index contributed by atoms with van der Waals surface area (Å²) in [5.74, 6) is -2.25. The van der Waals surface area contributed by atoms with Gasteiger partial charge in [0.1, 0.15) is 12.6 Å². The first-order valence-corrected chi connectivity index (χ1v) is 11.6. The molecular formula is C26H29NO6. The molecule has 0 unspecified atom stereocenters. The fraction of sp³-hybridized carbons (Fsp3) is 0.462. The van der Waals surface area contributed by atoms with Crippen LogP contribution >= 0.6 is 0 Å². The number of hydrogen-bond donors (Lipinski definition) is 2. The van der Waals surface area contributed by atoms with E-state index in [2.05, 4.69) is 17.4 Å². The van der Waals surface area contributed by atoms with Crippen molar-refractivity contribution in [2.24, 2.45) is 5.92 Å². The summed E-state index contributed by atoms with van der Waals surface area (Å²) in [6, 6.07) is 15.0. The summed E-state index contributed by atoms with van der Waals surface area (Å²) >= 11 is 0. The van der Waals surface area contributed by atoms with Crippen LogP contribution in [0.2, 0.25) is 0 Å². The third-order valence-corrected chi connectivity index (χ3v) is 7.24. The molecule has 3 atom stereocenters. The molecule has 174 valence electrons. The summed E-state index contributed by atoms with van der Waals surface area (Å²) in [6.45, 7) is 2.23. The second-order valence-electron chi connectivity index (χ2n) is 9.23. The lowest BCUT2D eigenvalue weighted by molar-refractivity contribution is -0.169. The van der Waals surface area contributed by atoms with E-state index in [4.69, 9.17) is 14.2 Å². The van der Waals surface area contributed by atoms with Gasteiger partial charge in [0.2, 0.25) is 0 Å². The molecule has 2 aromatic rings. The quantitative estimate of drug-likeness (QED) is 0.680. The second kappa shape index (κ2) is 8.80. The molecule has 1 spiro atoms. The number of ether oxygens (including phenoxy) is 3. The van der Waals surface area contributed by atoms with Crippen LogP contribution in [-0.4, -0.2) is 48.3 Å². The SMILES string of the molecule is C[C@@H]([C@@H]1COC2(CCCC2)O1)[C@H](NC(=O)OCC1c2ccccc2-c2ccccc21)C(=O)O. The number of rotatable bonds is 6. The lowest BCUT2D eigenvalue weighted by Crippen LogP contribution is -2.49. The predicted octanol–water partition coefficient (Wildman–Crippen LogP) is 4.30. The smallest absolute Gasteiger partial charge is 0.407 e. The molecule has 3 aliphatic rings. The number of carbonyl (C=O) groups excluding carboxylic acids is 1. The molecule has 2 N–H and O–H groups in total. The van der Waals surface area contributed by atoms with Gasteiger partial charge in [0.05, 0.1) is 12.7 Å². The predicted molar refractivity (Wildman–Crippen MR) is 121 cm³/mol. The number of fused-ring (bicyclic) bond motifs is 3. The molecule has 0 bridgehead atoms. The van der Waals surface area contributed by atoms with Crippen LogP contribution in [-0.2, 0) is 19.0 Å². The van der Waals surface area contributed by atoms with E-state index in [0.717, 1.165) is 47.9 Å². The summed E-state index contributed by atoms with van der Waals surface area (Å²) in [4.78, 5) is 24.6. The fourth-order valence-electron chi connectivity index (χ4n) is 5.41. The Bertz CT molecular complexity index is 1000. The van der Waals surface area contributed by atoms with Gasteiger partial charge in [0.15, 0.2) is 5.79 Å². The van der Waals surface area contributed by atoms with Crippen LogP contribution < -0.4 is 5.32 Å². The summed E-state index contributed by atoms with van der Waals surface area (Å²) in [5.41, 5.74) is 4.48. The molecule has 1 saturated carbocycles. The van der Waals surface area contributed by atoms with Crippen LogP contribution in [0.15, 0.2) is 48.5 Å². The maximum absolute atomic E-state index is 12.6. The highest BCUT2D eigenvalue weighted by atomic mass is 16.7. The topological polar surface area (TPSA) is 94.1 Å². The lowest BCUT2D eigenvalue weighted by atomic mass is 9.96. The number of amides is 1. The van der Waals surface area contributed by atoms with E-state index in [1.807, 2.05) is 36.4 Å². The Labute approximate surface area is 193 Å². The van der Waals surface area contributed by atoms with Gasteiger partial charge in [-0.25, -0.2) is 9.59 Å². The van der Waals surface area contributed by atoms with Gasteiger partial charge in [0.25, 0.3) is 0 Å². The summed E-state index contributed by atoms with van der Waals surface area (Å²) in [7, 11) is 0. The Morgan fingerprint density at radius 1 is 1.09 bits per heavy atom. The number of carbonyl (C=O) groups is 2. The minimum absolute atomic E-state index is 0.0855. The van der Waals surface area contributed by atoms with Gasteiger partial charge in [-0.2, -0.15) is 0 Å². The molecule has 1 amide bonds. The first-order chi connectivity index (χ1) is 16.0. The maximum atomic E-state index is 12.6. The maximum Gasteiger partial charge on any atom is 0.407 e. The largest absolute Gasteiger partial charge is 0.480 e. The number of alkyl carbamates (subject to hydrolysis) is 1. The molecule has 1 saturated heterocycles. The zero-order valence-electron chi connectivity index (χ0n) is 18.7. The van der Waals surface area contributed by atoms with Crippen molar-refractivity contribution in [3.8, 4) is 11.1 Å². The zero-order valence-corrected chi connectivity index (χ0v) is 18.7. The molecule has 2 aromatic carbocycles. The molecule has 0 aromatic heterocycles. The number of hydrogen-bond acceptors (Lipinski definition) is 5. The number of benzene rings is 2. The van der Waals surface area contributed by atoms with E-state index in [-0.39, 0.29) is 12.5 Å². The molecule has 1 heterocycles. The number of carboxylic acid groups (broad SMARTS) is 1. The third kappa shape index (κ3) is 4.11. The van der Waals surface area contributed by atoms with Crippen molar-refractivity contribution in [2.75, 3.05) is 13.2 Å². The zero-order chi connectivity index (χ0) is 23.0. The monoisotopic (exact) mass is 451 g/mol. The minimum atomic E-state index is -1.13.